The van der Waals surface area contributed by atoms with E-state index in [9.17, 15) is 18.0 Å². The molecule has 0 saturated heterocycles. The molecule has 0 unspecified atom stereocenters. The quantitative estimate of drug-likeness (QED) is 0.488. The van der Waals surface area contributed by atoms with E-state index in [0.717, 1.165) is 35.4 Å². The van der Waals surface area contributed by atoms with Crippen LogP contribution in [0.3, 0.4) is 0 Å². The van der Waals surface area contributed by atoms with Crippen LogP contribution in [0.4, 0.5) is 30.4 Å². The van der Waals surface area contributed by atoms with Crippen LogP contribution in [0, 0.1) is 0 Å². The van der Waals surface area contributed by atoms with Crippen molar-refractivity contribution in [2.45, 2.75) is 25.4 Å². The molecule has 2 heterocycles. The van der Waals surface area contributed by atoms with Crippen molar-refractivity contribution in [1.82, 2.24) is 4.98 Å². The first-order valence-electron chi connectivity index (χ1n) is 10.9. The van der Waals surface area contributed by atoms with Gasteiger partial charge < -0.3 is 10.2 Å². The van der Waals surface area contributed by atoms with Crippen LogP contribution in [0.1, 0.15) is 34.3 Å². The molecule has 5 rings (SSSR count). The van der Waals surface area contributed by atoms with Crippen molar-refractivity contribution < 1.29 is 18.0 Å². The van der Waals surface area contributed by atoms with E-state index in [0.29, 0.717) is 48.0 Å². The molecule has 1 aromatic heterocycles. The van der Waals surface area contributed by atoms with Crippen molar-refractivity contribution >= 4 is 29.2 Å². The monoisotopic (exact) mass is 462 g/mol. The van der Waals surface area contributed by atoms with Crippen LogP contribution in [-0.4, -0.2) is 23.5 Å². The van der Waals surface area contributed by atoms with Crippen LogP contribution in [0.25, 0.3) is 11.3 Å². The highest BCUT2D eigenvalue weighted by atomic mass is 19.4. The number of hydrogen-bond acceptors (Lipinski definition) is 5. The second kappa shape index (κ2) is 8.44. The molecular formula is C26H21F3N4O. The summed E-state index contributed by atoms with van der Waals surface area (Å²) >= 11 is 0. The lowest BCUT2D eigenvalue weighted by Crippen LogP contribution is -2.28. The Labute approximate surface area is 194 Å². The number of alkyl halides is 3. The van der Waals surface area contributed by atoms with Crippen LogP contribution >= 0.6 is 0 Å². The number of anilines is 2. The molecule has 1 aliphatic heterocycles. The minimum Gasteiger partial charge on any atom is -0.342 e. The van der Waals surface area contributed by atoms with Gasteiger partial charge in [0.05, 0.1) is 11.3 Å². The zero-order chi connectivity index (χ0) is 23.9. The molecule has 1 aliphatic carbocycles. The van der Waals surface area contributed by atoms with Crippen molar-refractivity contribution in [3.63, 3.8) is 0 Å². The molecule has 0 bridgehead atoms. The Morgan fingerprint density at radius 1 is 1.06 bits per heavy atom. The first kappa shape index (κ1) is 21.9. The highest BCUT2D eigenvalue weighted by Gasteiger charge is 2.30. The Hall–Kier alpha value is -3.94. The van der Waals surface area contributed by atoms with Crippen LogP contribution < -0.4 is 10.2 Å². The molecule has 2 aliphatic rings. The van der Waals surface area contributed by atoms with Gasteiger partial charge >= 0.3 is 6.18 Å². The maximum atomic E-state index is 13.2. The number of aromatic nitrogens is 1. The lowest BCUT2D eigenvalue weighted by Gasteiger charge is -2.26. The predicted octanol–water partition coefficient (Wildman–Crippen LogP) is 6.39. The van der Waals surface area contributed by atoms with Crippen molar-refractivity contribution in [1.29, 1.82) is 0 Å². The third-order valence-corrected chi connectivity index (χ3v) is 5.95. The molecule has 0 amide bonds. The summed E-state index contributed by atoms with van der Waals surface area (Å²) in [5.74, 6) is 1.16. The second-order valence-corrected chi connectivity index (χ2v) is 8.24. The molecule has 5 nitrogen and oxygen atoms in total. The van der Waals surface area contributed by atoms with E-state index in [1.807, 2.05) is 23.1 Å². The van der Waals surface area contributed by atoms with Gasteiger partial charge in [0.1, 0.15) is 11.5 Å². The molecule has 0 atom stereocenters. The van der Waals surface area contributed by atoms with Gasteiger partial charge in [-0.15, -0.1) is 0 Å². The summed E-state index contributed by atoms with van der Waals surface area (Å²) in [6.45, 7) is 4.69. The van der Waals surface area contributed by atoms with E-state index in [1.54, 1.807) is 24.4 Å². The molecule has 0 fully saturated rings. The molecule has 1 N–H and O–H groups in total. The fourth-order valence-electron chi connectivity index (χ4n) is 4.22. The Morgan fingerprint density at radius 2 is 1.91 bits per heavy atom. The number of fused-ring (bicyclic) bond motifs is 2. The number of carbonyl (C=O) groups is 1. The van der Waals surface area contributed by atoms with Gasteiger partial charge in [-0.05, 0) is 48.4 Å². The summed E-state index contributed by atoms with van der Waals surface area (Å²) < 4.78 is 39.6. The van der Waals surface area contributed by atoms with E-state index in [4.69, 9.17) is 0 Å². The van der Waals surface area contributed by atoms with Crippen LogP contribution in [0.2, 0.25) is 0 Å². The summed E-state index contributed by atoms with van der Waals surface area (Å²) in [7, 11) is 0. The van der Waals surface area contributed by atoms with Gasteiger partial charge in [0.15, 0.2) is 11.6 Å². The third-order valence-electron chi connectivity index (χ3n) is 5.95. The van der Waals surface area contributed by atoms with E-state index < -0.39 is 11.7 Å². The van der Waals surface area contributed by atoms with Gasteiger partial charge in [-0.1, -0.05) is 24.8 Å². The van der Waals surface area contributed by atoms with Crippen molar-refractivity contribution in [2.24, 2.45) is 4.99 Å². The number of nitrogens with zero attached hydrogens (tertiary/aromatic N) is 3. The maximum Gasteiger partial charge on any atom is 0.416 e. The second-order valence-electron chi connectivity index (χ2n) is 8.24. The fraction of sp³-hybridized carbons (Fsp3) is 0.192. The number of benzene rings is 2. The average molecular weight is 462 g/mol. The zero-order valence-electron chi connectivity index (χ0n) is 18.2. The number of nitrogens with one attached hydrogen (secondary N) is 1. The summed E-state index contributed by atoms with van der Waals surface area (Å²) in [6.07, 6.45) is -0.731. The van der Waals surface area contributed by atoms with Gasteiger partial charge in [-0.2, -0.15) is 13.2 Å². The number of pyridine rings is 1. The summed E-state index contributed by atoms with van der Waals surface area (Å²) in [5.41, 5.74) is 3.14. The minimum atomic E-state index is -4.44. The van der Waals surface area contributed by atoms with Gasteiger partial charge in [-0.3, -0.25) is 9.79 Å². The number of aryl methyl sites for hydroxylation is 1. The van der Waals surface area contributed by atoms with E-state index in [2.05, 4.69) is 21.9 Å². The Morgan fingerprint density at radius 3 is 2.74 bits per heavy atom. The van der Waals surface area contributed by atoms with E-state index in [-0.39, 0.29) is 5.78 Å². The van der Waals surface area contributed by atoms with Gasteiger partial charge in [0.25, 0.3) is 0 Å². The topological polar surface area (TPSA) is 57.6 Å². The van der Waals surface area contributed by atoms with Gasteiger partial charge in [0, 0.05) is 42.4 Å². The Kier molecular flexibility index (Phi) is 5.43. The molecule has 3 aromatic rings. The average Bonchev–Trinajstić information content (AvgIpc) is 3.05. The molecular weight excluding hydrogens is 441 g/mol. The first-order chi connectivity index (χ1) is 16.3. The molecule has 0 spiro atoms. The van der Waals surface area contributed by atoms with Crippen molar-refractivity contribution in [3.8, 4) is 11.3 Å². The van der Waals surface area contributed by atoms with Gasteiger partial charge in [-0.25, -0.2) is 4.98 Å². The minimum absolute atomic E-state index is 0.130. The summed E-state index contributed by atoms with van der Waals surface area (Å²) in [6, 6.07) is 14.2. The maximum absolute atomic E-state index is 13.2. The number of ketones is 1. The zero-order valence-corrected chi connectivity index (χ0v) is 18.2. The predicted molar refractivity (Wildman–Crippen MR) is 127 cm³/mol. The van der Waals surface area contributed by atoms with Crippen molar-refractivity contribution in [3.05, 3.63) is 83.7 Å². The number of carbonyl (C=O) groups excluding carboxylic acids is 1. The fourth-order valence-corrected chi connectivity index (χ4v) is 4.22. The number of hydrogen-bond donors (Lipinski definition) is 1. The van der Waals surface area contributed by atoms with Crippen molar-refractivity contribution in [2.75, 3.05) is 16.8 Å². The molecule has 8 heteroatoms. The highest BCUT2D eigenvalue weighted by Crippen LogP contribution is 2.36. The number of Topliss-reactive ketones (excluding diaryl/α,β-unsaturated/α-hetero) is 1. The van der Waals surface area contributed by atoms with Crippen LogP contribution in [0.5, 0.6) is 0 Å². The van der Waals surface area contributed by atoms with E-state index in [1.165, 1.54) is 6.07 Å². The summed E-state index contributed by atoms with van der Waals surface area (Å²) in [5, 5.41) is 3.25. The highest BCUT2D eigenvalue weighted by molar-refractivity contribution is 6.01. The van der Waals surface area contributed by atoms with Crippen LogP contribution in [0.15, 0.2) is 72.0 Å². The standard InChI is InChI=1S/C26H21F3N4O/c1-16(31-20-8-6-17-7-11-24(34)21(17)15-20)33-13-3-12-30-23-10-9-22(32-25(23)33)18-4-2-5-19(14-18)26(27,28)29/h2,4-6,8-10,12,14-15,31H,1,3,7,11,13H2. The largest absolute Gasteiger partial charge is 0.416 e. The van der Waals surface area contributed by atoms with Crippen LogP contribution in [-0.2, 0) is 12.6 Å². The number of aliphatic imine (C=N–C) groups is 1. The van der Waals surface area contributed by atoms with E-state index >= 15 is 0 Å². The molecule has 172 valence electrons. The molecule has 0 radical (unpaired) electrons. The smallest absolute Gasteiger partial charge is 0.342 e. The third kappa shape index (κ3) is 4.19. The number of halogens is 3. The Bertz CT molecular complexity index is 1330. The van der Waals surface area contributed by atoms with Gasteiger partial charge in [0.2, 0.25) is 0 Å². The molecule has 34 heavy (non-hydrogen) atoms. The normalized spacial score (nSPS) is 15.0. The SMILES string of the molecule is C=C(Nc1ccc2c(c1)C(=O)CC2)N1CCC=Nc2ccc(-c3cccc(C(F)(F)F)c3)nc21. The number of rotatable bonds is 4. The lowest BCUT2D eigenvalue weighted by molar-refractivity contribution is -0.137. The molecule has 0 saturated carbocycles. The first-order valence-corrected chi connectivity index (χ1v) is 10.9. The Balaban J connectivity index is 1.47. The lowest BCUT2D eigenvalue weighted by atomic mass is 10.1. The molecule has 2 aromatic carbocycles. The summed E-state index contributed by atoms with van der Waals surface area (Å²) in [4.78, 5) is 23.1.